The molecule has 1 aromatic rings. The summed E-state index contributed by atoms with van der Waals surface area (Å²) in [4.78, 5) is 11.7. The van der Waals surface area contributed by atoms with E-state index in [-0.39, 0.29) is 23.5 Å². The van der Waals surface area contributed by atoms with Crippen molar-refractivity contribution in [3.8, 4) is 5.75 Å². The summed E-state index contributed by atoms with van der Waals surface area (Å²) in [5.41, 5.74) is -0.830. The van der Waals surface area contributed by atoms with E-state index in [1.165, 1.54) is 19.2 Å². The molecule has 0 fully saturated rings. The van der Waals surface area contributed by atoms with Crippen molar-refractivity contribution in [2.75, 3.05) is 7.11 Å². The molecule has 0 spiro atoms. The van der Waals surface area contributed by atoms with Crippen LogP contribution in [0.4, 0.5) is 13.2 Å². The van der Waals surface area contributed by atoms with Crippen molar-refractivity contribution in [1.29, 1.82) is 0 Å². The van der Waals surface area contributed by atoms with Crippen LogP contribution in [0.3, 0.4) is 0 Å². The van der Waals surface area contributed by atoms with Crippen LogP contribution in [0.5, 0.6) is 5.75 Å². The van der Waals surface area contributed by atoms with E-state index >= 15 is 0 Å². The second kappa shape index (κ2) is 5.89. The monoisotopic (exact) mass is 260 g/mol. The van der Waals surface area contributed by atoms with Crippen LogP contribution in [0.1, 0.15) is 42.1 Å². The van der Waals surface area contributed by atoms with E-state index in [2.05, 4.69) is 4.74 Å². The second-order valence-electron chi connectivity index (χ2n) is 3.94. The number of unbranched alkanes of at least 4 members (excludes halogenated alkanes) is 1. The minimum absolute atomic E-state index is 0.0802. The largest absolute Gasteiger partial charge is 0.496 e. The number of carbonyl (C=O) groups excluding carboxylic acids is 1. The van der Waals surface area contributed by atoms with Crippen molar-refractivity contribution in [2.45, 2.75) is 32.4 Å². The minimum atomic E-state index is -4.52. The Balaban J connectivity index is 3.07. The number of Topliss-reactive ketones (excluding diaryl/α,β-unsaturated/α-hetero) is 1. The van der Waals surface area contributed by atoms with E-state index in [9.17, 15) is 18.0 Å². The molecular formula is C13H15F3O2. The molecule has 0 radical (unpaired) electrons. The molecule has 1 aromatic carbocycles. The quantitative estimate of drug-likeness (QED) is 0.745. The Morgan fingerprint density at radius 3 is 2.50 bits per heavy atom. The van der Waals surface area contributed by atoms with Crippen molar-refractivity contribution in [3.63, 3.8) is 0 Å². The van der Waals surface area contributed by atoms with Gasteiger partial charge >= 0.3 is 6.18 Å². The Kier molecular flexibility index (Phi) is 4.76. The molecule has 0 amide bonds. The maximum atomic E-state index is 12.7. The van der Waals surface area contributed by atoms with Gasteiger partial charge in [0.1, 0.15) is 5.75 Å². The van der Waals surface area contributed by atoms with Gasteiger partial charge in [0, 0.05) is 12.0 Å². The van der Waals surface area contributed by atoms with Gasteiger partial charge in [0.15, 0.2) is 5.78 Å². The number of rotatable bonds is 5. The first kappa shape index (κ1) is 14.5. The van der Waals surface area contributed by atoms with Gasteiger partial charge in [-0.05, 0) is 24.6 Å². The molecular weight excluding hydrogens is 245 g/mol. The van der Waals surface area contributed by atoms with E-state index < -0.39 is 11.7 Å². The van der Waals surface area contributed by atoms with E-state index in [1.807, 2.05) is 6.92 Å². The summed E-state index contributed by atoms with van der Waals surface area (Å²) in [6.45, 7) is 1.92. The zero-order valence-electron chi connectivity index (χ0n) is 10.3. The number of ketones is 1. The molecule has 0 unspecified atom stereocenters. The summed E-state index contributed by atoms with van der Waals surface area (Å²) in [5, 5.41) is 0. The fourth-order valence-corrected chi connectivity index (χ4v) is 1.58. The van der Waals surface area contributed by atoms with Crippen LogP contribution >= 0.6 is 0 Å². The Labute approximate surface area is 104 Å². The normalized spacial score (nSPS) is 11.4. The third-order valence-corrected chi connectivity index (χ3v) is 2.58. The topological polar surface area (TPSA) is 26.3 Å². The highest BCUT2D eigenvalue weighted by Crippen LogP contribution is 2.36. The van der Waals surface area contributed by atoms with Crippen LogP contribution < -0.4 is 4.74 Å². The highest BCUT2D eigenvalue weighted by Gasteiger charge is 2.34. The zero-order valence-corrected chi connectivity index (χ0v) is 10.3. The van der Waals surface area contributed by atoms with Gasteiger partial charge in [0.2, 0.25) is 0 Å². The van der Waals surface area contributed by atoms with Crippen molar-refractivity contribution in [1.82, 2.24) is 0 Å². The number of carbonyl (C=O) groups is 1. The molecule has 0 aliphatic rings. The Bertz CT molecular complexity index is 425. The maximum absolute atomic E-state index is 12.7. The number of halogens is 3. The first-order valence-corrected chi connectivity index (χ1v) is 5.68. The molecule has 0 bridgehead atoms. The summed E-state index contributed by atoms with van der Waals surface area (Å²) >= 11 is 0. The summed E-state index contributed by atoms with van der Waals surface area (Å²) in [6.07, 6.45) is -2.76. The molecule has 2 nitrogen and oxygen atoms in total. The molecule has 0 aliphatic carbocycles. The lowest BCUT2D eigenvalue weighted by Gasteiger charge is -2.13. The Morgan fingerprint density at radius 2 is 2.00 bits per heavy atom. The van der Waals surface area contributed by atoms with Gasteiger partial charge in [-0.25, -0.2) is 0 Å². The number of ether oxygens (including phenoxy) is 1. The van der Waals surface area contributed by atoms with Crippen molar-refractivity contribution < 1.29 is 22.7 Å². The number of methoxy groups -OCH3 is 1. The fourth-order valence-electron chi connectivity index (χ4n) is 1.58. The number of benzene rings is 1. The Hall–Kier alpha value is -1.52. The molecule has 0 saturated carbocycles. The summed E-state index contributed by atoms with van der Waals surface area (Å²) in [5.74, 6) is -0.542. The molecule has 0 atom stereocenters. The third-order valence-electron chi connectivity index (χ3n) is 2.58. The number of alkyl halides is 3. The van der Waals surface area contributed by atoms with Gasteiger partial charge in [-0.3, -0.25) is 4.79 Å². The van der Waals surface area contributed by atoms with E-state index in [1.54, 1.807) is 0 Å². The molecule has 18 heavy (non-hydrogen) atoms. The van der Waals surface area contributed by atoms with E-state index in [0.29, 0.717) is 6.42 Å². The highest BCUT2D eigenvalue weighted by molar-refractivity contribution is 5.96. The number of hydrogen-bond donors (Lipinski definition) is 0. The first-order chi connectivity index (χ1) is 8.40. The van der Waals surface area contributed by atoms with Gasteiger partial charge in [-0.1, -0.05) is 13.3 Å². The van der Waals surface area contributed by atoms with Crippen LogP contribution in [0.2, 0.25) is 0 Å². The third kappa shape index (κ3) is 3.48. The standard InChI is InChI=1S/C13H15F3O2/c1-3-4-5-11(17)9-6-7-12(18-2)10(8-9)13(14,15)16/h6-8H,3-5H2,1-2H3. The van der Waals surface area contributed by atoms with Crippen molar-refractivity contribution in [2.24, 2.45) is 0 Å². The zero-order chi connectivity index (χ0) is 13.8. The summed E-state index contributed by atoms with van der Waals surface area (Å²) in [6, 6.07) is 3.41. The van der Waals surface area contributed by atoms with Crippen LogP contribution in [0.15, 0.2) is 18.2 Å². The molecule has 1 rings (SSSR count). The highest BCUT2D eigenvalue weighted by atomic mass is 19.4. The van der Waals surface area contributed by atoms with Crippen LogP contribution in [0, 0.1) is 0 Å². The first-order valence-electron chi connectivity index (χ1n) is 5.68. The molecule has 0 heterocycles. The smallest absolute Gasteiger partial charge is 0.419 e. The van der Waals surface area contributed by atoms with Gasteiger partial charge in [-0.2, -0.15) is 13.2 Å². The molecule has 100 valence electrons. The average molecular weight is 260 g/mol. The summed E-state index contributed by atoms with van der Waals surface area (Å²) < 4.78 is 42.9. The van der Waals surface area contributed by atoms with Gasteiger partial charge < -0.3 is 4.74 Å². The van der Waals surface area contributed by atoms with Crippen molar-refractivity contribution in [3.05, 3.63) is 29.3 Å². The van der Waals surface area contributed by atoms with E-state index in [0.717, 1.165) is 12.5 Å². The lowest BCUT2D eigenvalue weighted by Crippen LogP contribution is -2.10. The van der Waals surface area contributed by atoms with Crippen LogP contribution in [-0.2, 0) is 6.18 Å². The number of hydrogen-bond acceptors (Lipinski definition) is 2. The second-order valence-corrected chi connectivity index (χ2v) is 3.94. The van der Waals surface area contributed by atoms with Gasteiger partial charge in [-0.15, -0.1) is 0 Å². The maximum Gasteiger partial charge on any atom is 0.419 e. The lowest BCUT2D eigenvalue weighted by atomic mass is 10.0. The van der Waals surface area contributed by atoms with Crippen molar-refractivity contribution >= 4 is 5.78 Å². The SMILES string of the molecule is CCCCC(=O)c1ccc(OC)c(C(F)(F)F)c1. The predicted octanol–water partition coefficient (Wildman–Crippen LogP) is 4.09. The average Bonchev–Trinajstić information content (AvgIpc) is 2.34. The summed E-state index contributed by atoms with van der Waals surface area (Å²) in [7, 11) is 1.17. The van der Waals surface area contributed by atoms with E-state index in [4.69, 9.17) is 0 Å². The molecule has 0 saturated heterocycles. The predicted molar refractivity (Wildman–Crippen MR) is 61.9 cm³/mol. The van der Waals surface area contributed by atoms with Crippen LogP contribution in [0.25, 0.3) is 0 Å². The Morgan fingerprint density at radius 1 is 1.33 bits per heavy atom. The van der Waals surface area contributed by atoms with Gasteiger partial charge in [0.05, 0.1) is 12.7 Å². The fraction of sp³-hybridized carbons (Fsp3) is 0.462. The molecule has 0 N–H and O–H groups in total. The van der Waals surface area contributed by atoms with Crippen LogP contribution in [-0.4, -0.2) is 12.9 Å². The molecule has 0 aliphatic heterocycles. The van der Waals surface area contributed by atoms with Gasteiger partial charge in [0.25, 0.3) is 0 Å². The molecule has 5 heteroatoms. The minimum Gasteiger partial charge on any atom is -0.496 e. The molecule has 0 aromatic heterocycles. The lowest BCUT2D eigenvalue weighted by molar-refractivity contribution is -0.138.